The molecule has 0 bridgehead atoms. The van der Waals surface area contributed by atoms with E-state index in [0.29, 0.717) is 0 Å². The van der Waals surface area contributed by atoms with E-state index in [1.54, 1.807) is 0 Å². The van der Waals surface area contributed by atoms with E-state index in [2.05, 4.69) is 43.7 Å². The normalized spacial score (nSPS) is 11.2. The molecule has 0 saturated heterocycles. The van der Waals surface area contributed by atoms with Gasteiger partial charge in [-0.25, -0.2) is 0 Å². The van der Waals surface area contributed by atoms with Crippen molar-refractivity contribution in [3.05, 3.63) is 17.5 Å². The maximum Gasteiger partial charge on any atom is 0.0625 e. The minimum Gasteiger partial charge on any atom is -0.272 e. The van der Waals surface area contributed by atoms with Gasteiger partial charge in [0, 0.05) is 12.7 Å². The van der Waals surface area contributed by atoms with Crippen LogP contribution < -0.4 is 0 Å². The Kier molecular flexibility index (Phi) is 3.52. The summed E-state index contributed by atoms with van der Waals surface area (Å²) in [5.41, 5.74) is 2.60. The van der Waals surface area contributed by atoms with Gasteiger partial charge in [0.25, 0.3) is 0 Å². The van der Waals surface area contributed by atoms with Gasteiger partial charge in [-0.05, 0) is 31.2 Å². The van der Waals surface area contributed by atoms with Crippen LogP contribution in [-0.4, -0.2) is 9.78 Å². The summed E-state index contributed by atoms with van der Waals surface area (Å²) < 4.78 is 2.06. The van der Waals surface area contributed by atoms with Crippen molar-refractivity contribution in [3.8, 4) is 0 Å². The molecule has 2 nitrogen and oxygen atoms in total. The second-order valence-corrected chi connectivity index (χ2v) is 4.10. The topological polar surface area (TPSA) is 17.8 Å². The van der Waals surface area contributed by atoms with Crippen molar-refractivity contribution in [2.45, 2.75) is 47.1 Å². The fourth-order valence-electron chi connectivity index (χ4n) is 1.54. The average Bonchev–Trinajstić information content (AvgIpc) is 2.31. The van der Waals surface area contributed by atoms with Crippen molar-refractivity contribution in [1.82, 2.24) is 9.78 Å². The summed E-state index contributed by atoms with van der Waals surface area (Å²) in [6.07, 6.45) is 4.50. The monoisotopic (exact) mass is 180 g/mol. The van der Waals surface area contributed by atoms with Crippen molar-refractivity contribution in [2.24, 2.45) is 5.92 Å². The summed E-state index contributed by atoms with van der Waals surface area (Å²) in [6, 6.07) is 0. The molecule has 0 atom stereocenters. The van der Waals surface area contributed by atoms with Gasteiger partial charge in [0.2, 0.25) is 0 Å². The molecule has 0 aliphatic rings. The van der Waals surface area contributed by atoms with Crippen LogP contribution in [0.25, 0.3) is 0 Å². The molecule has 74 valence electrons. The van der Waals surface area contributed by atoms with Crippen LogP contribution in [0, 0.1) is 12.8 Å². The smallest absolute Gasteiger partial charge is 0.0625 e. The molecule has 1 rings (SSSR count). The Morgan fingerprint density at radius 3 is 2.69 bits per heavy atom. The number of nitrogens with zero attached hydrogens (tertiary/aromatic N) is 2. The largest absolute Gasteiger partial charge is 0.272 e. The van der Waals surface area contributed by atoms with Crippen molar-refractivity contribution < 1.29 is 0 Å². The highest BCUT2D eigenvalue weighted by molar-refractivity contribution is 5.15. The zero-order chi connectivity index (χ0) is 9.84. The second kappa shape index (κ2) is 4.45. The second-order valence-electron chi connectivity index (χ2n) is 4.10. The predicted molar refractivity (Wildman–Crippen MR) is 55.8 cm³/mol. The molecule has 2 heteroatoms. The Labute approximate surface area is 81.0 Å². The first kappa shape index (κ1) is 10.3. The summed E-state index contributed by atoms with van der Waals surface area (Å²) in [5, 5.41) is 4.47. The Hall–Kier alpha value is -0.790. The van der Waals surface area contributed by atoms with Crippen LogP contribution in [0.1, 0.15) is 38.4 Å². The number of hydrogen-bond acceptors (Lipinski definition) is 1. The number of aryl methyl sites for hydroxylation is 2. The molecule has 0 aliphatic carbocycles. The standard InChI is InChI=1S/C11H20N2/c1-5-6-13-8-11(7-9(2)3)10(4)12-13/h8-9H,5-7H2,1-4H3. The van der Waals surface area contributed by atoms with Crippen LogP contribution in [0.4, 0.5) is 0 Å². The van der Waals surface area contributed by atoms with Crippen molar-refractivity contribution in [3.63, 3.8) is 0 Å². The molecule has 0 radical (unpaired) electrons. The molecule has 0 amide bonds. The lowest BCUT2D eigenvalue weighted by molar-refractivity contribution is 0.597. The van der Waals surface area contributed by atoms with Gasteiger partial charge in [0.15, 0.2) is 0 Å². The fraction of sp³-hybridized carbons (Fsp3) is 0.727. The highest BCUT2D eigenvalue weighted by Crippen LogP contribution is 2.11. The molecule has 0 aromatic carbocycles. The Balaban J connectivity index is 2.71. The Morgan fingerprint density at radius 2 is 2.15 bits per heavy atom. The van der Waals surface area contributed by atoms with Crippen molar-refractivity contribution >= 4 is 0 Å². The molecule has 0 saturated carbocycles. The molecule has 0 aliphatic heterocycles. The molecule has 1 aromatic rings. The SMILES string of the molecule is CCCn1cc(CC(C)C)c(C)n1. The van der Waals surface area contributed by atoms with E-state index in [1.165, 1.54) is 11.3 Å². The quantitative estimate of drug-likeness (QED) is 0.696. The van der Waals surface area contributed by atoms with Crippen molar-refractivity contribution in [2.75, 3.05) is 0 Å². The number of hydrogen-bond donors (Lipinski definition) is 0. The molecule has 0 spiro atoms. The van der Waals surface area contributed by atoms with E-state index in [-0.39, 0.29) is 0 Å². The Bertz CT molecular complexity index is 261. The van der Waals surface area contributed by atoms with Gasteiger partial charge < -0.3 is 0 Å². The maximum atomic E-state index is 4.47. The van der Waals surface area contributed by atoms with Gasteiger partial charge in [0.1, 0.15) is 0 Å². The molecule has 0 unspecified atom stereocenters. The molecule has 13 heavy (non-hydrogen) atoms. The van der Waals surface area contributed by atoms with Gasteiger partial charge in [-0.15, -0.1) is 0 Å². The molecule has 0 N–H and O–H groups in total. The third-order valence-corrected chi connectivity index (χ3v) is 2.13. The summed E-state index contributed by atoms with van der Waals surface area (Å²) in [4.78, 5) is 0. The fourth-order valence-corrected chi connectivity index (χ4v) is 1.54. The van der Waals surface area contributed by atoms with E-state index in [0.717, 1.165) is 25.3 Å². The Morgan fingerprint density at radius 1 is 1.46 bits per heavy atom. The molecule has 0 fully saturated rings. The van der Waals surface area contributed by atoms with Gasteiger partial charge in [-0.2, -0.15) is 5.10 Å². The van der Waals surface area contributed by atoms with Gasteiger partial charge >= 0.3 is 0 Å². The maximum absolute atomic E-state index is 4.47. The van der Waals surface area contributed by atoms with Gasteiger partial charge in [0.05, 0.1) is 5.69 Å². The molecule has 1 aromatic heterocycles. The highest BCUT2D eigenvalue weighted by Gasteiger charge is 2.05. The first-order valence-corrected chi connectivity index (χ1v) is 5.16. The van der Waals surface area contributed by atoms with Crippen LogP contribution in [-0.2, 0) is 13.0 Å². The van der Waals surface area contributed by atoms with E-state index in [1.807, 2.05) is 0 Å². The molecule has 1 heterocycles. The average molecular weight is 180 g/mol. The van der Waals surface area contributed by atoms with Crippen LogP contribution in [0.15, 0.2) is 6.20 Å². The summed E-state index contributed by atoms with van der Waals surface area (Å²) in [5.74, 6) is 0.720. The number of rotatable bonds is 4. The third-order valence-electron chi connectivity index (χ3n) is 2.13. The minimum atomic E-state index is 0.720. The highest BCUT2D eigenvalue weighted by atomic mass is 15.3. The summed E-state index contributed by atoms with van der Waals surface area (Å²) in [6.45, 7) is 9.81. The van der Waals surface area contributed by atoms with Crippen LogP contribution in [0.3, 0.4) is 0 Å². The summed E-state index contributed by atoms with van der Waals surface area (Å²) in [7, 11) is 0. The minimum absolute atomic E-state index is 0.720. The molecular formula is C11H20N2. The zero-order valence-corrected chi connectivity index (χ0v) is 9.17. The van der Waals surface area contributed by atoms with E-state index >= 15 is 0 Å². The summed E-state index contributed by atoms with van der Waals surface area (Å²) >= 11 is 0. The van der Waals surface area contributed by atoms with Gasteiger partial charge in [-0.3, -0.25) is 4.68 Å². The third kappa shape index (κ3) is 2.87. The van der Waals surface area contributed by atoms with Crippen LogP contribution in [0.5, 0.6) is 0 Å². The van der Waals surface area contributed by atoms with Crippen LogP contribution in [0.2, 0.25) is 0 Å². The van der Waals surface area contributed by atoms with Crippen LogP contribution >= 0.6 is 0 Å². The lowest BCUT2D eigenvalue weighted by Crippen LogP contribution is -1.96. The lowest BCUT2D eigenvalue weighted by Gasteiger charge is -2.01. The predicted octanol–water partition coefficient (Wildman–Crippen LogP) is 2.80. The molecular weight excluding hydrogens is 160 g/mol. The van der Waals surface area contributed by atoms with E-state index < -0.39 is 0 Å². The van der Waals surface area contributed by atoms with Gasteiger partial charge in [-0.1, -0.05) is 20.8 Å². The number of aromatic nitrogens is 2. The van der Waals surface area contributed by atoms with Crippen molar-refractivity contribution in [1.29, 1.82) is 0 Å². The first-order chi connectivity index (χ1) is 6.13. The zero-order valence-electron chi connectivity index (χ0n) is 9.17. The van der Waals surface area contributed by atoms with E-state index in [9.17, 15) is 0 Å². The lowest BCUT2D eigenvalue weighted by atomic mass is 10.0. The van der Waals surface area contributed by atoms with E-state index in [4.69, 9.17) is 0 Å². The first-order valence-electron chi connectivity index (χ1n) is 5.16.